The van der Waals surface area contributed by atoms with Crippen LogP contribution in [0.4, 0.5) is 0 Å². The molecule has 0 saturated carbocycles. The van der Waals surface area contributed by atoms with Gasteiger partial charge in [-0.3, -0.25) is 0 Å². The van der Waals surface area contributed by atoms with Crippen LogP contribution in [-0.4, -0.2) is 4.40 Å². The van der Waals surface area contributed by atoms with E-state index < -0.39 is 10.0 Å². The highest BCUT2D eigenvalue weighted by Gasteiger charge is 2.33. The Balaban J connectivity index is 1.53. The average Bonchev–Trinajstić information content (AvgIpc) is 3.51. The van der Waals surface area contributed by atoms with Crippen molar-refractivity contribution in [3.63, 3.8) is 0 Å². The molecule has 0 aliphatic carbocycles. The van der Waals surface area contributed by atoms with Gasteiger partial charge in [0.1, 0.15) is 0 Å². The van der Waals surface area contributed by atoms with Gasteiger partial charge in [0.15, 0.2) is 0 Å². The molecular formula is C36H25NS. The maximum atomic E-state index is 2.48. The van der Waals surface area contributed by atoms with Gasteiger partial charge in [-0.15, -0.1) is 10.0 Å². The van der Waals surface area contributed by atoms with E-state index in [0.717, 1.165) is 0 Å². The van der Waals surface area contributed by atoms with Crippen LogP contribution in [0.1, 0.15) is 0 Å². The second-order valence-corrected chi connectivity index (χ2v) is 12.9. The van der Waals surface area contributed by atoms with Crippen LogP contribution < -0.4 is 0 Å². The van der Waals surface area contributed by atoms with Gasteiger partial charge in [0, 0.05) is 41.1 Å². The van der Waals surface area contributed by atoms with Gasteiger partial charge in [0.25, 0.3) is 0 Å². The van der Waals surface area contributed by atoms with Crippen LogP contribution in [0.5, 0.6) is 0 Å². The molecule has 8 aromatic rings. The highest BCUT2D eigenvalue weighted by molar-refractivity contribution is 8.34. The van der Waals surface area contributed by atoms with Crippen molar-refractivity contribution in [1.82, 2.24) is 4.40 Å². The molecular weight excluding hydrogens is 478 g/mol. The molecule has 180 valence electrons. The summed E-state index contributed by atoms with van der Waals surface area (Å²) < 4.78 is 2.46. The lowest BCUT2D eigenvalue weighted by Crippen LogP contribution is -2.05. The first kappa shape index (κ1) is 21.5. The molecule has 0 saturated heterocycles. The molecule has 0 aliphatic heterocycles. The molecule has 6 aromatic carbocycles. The Kier molecular flexibility index (Phi) is 4.67. The van der Waals surface area contributed by atoms with E-state index in [1.807, 2.05) is 0 Å². The molecule has 8 rings (SSSR count). The summed E-state index contributed by atoms with van der Waals surface area (Å²) in [6.45, 7) is 0. The molecule has 38 heavy (non-hydrogen) atoms. The number of hydrogen-bond acceptors (Lipinski definition) is 0. The standard InChI is InChI=1S/C36H25NS/c1-4-13-26(14-5-1)38(27-15-6-2-7-16-27,28-17-8-3-9-18-28)29-23-24-35-33(25-29)32-21-12-20-31-30-19-10-11-22-34(30)37(35)36(31)32/h1-25H. The van der Waals surface area contributed by atoms with E-state index in [2.05, 4.69) is 156 Å². The molecule has 2 heterocycles. The van der Waals surface area contributed by atoms with Crippen LogP contribution in [0, 0.1) is 0 Å². The third kappa shape index (κ3) is 2.84. The SMILES string of the molecule is c1ccc(S(c2ccccc2)(c2ccccc2)c2ccc3c(c2)c2cccc4c5ccccc5n3c42)cc1. The van der Waals surface area contributed by atoms with Gasteiger partial charge in [-0.05, 0) is 60.7 Å². The minimum Gasteiger partial charge on any atom is -0.308 e. The first-order chi connectivity index (χ1) is 18.9. The van der Waals surface area contributed by atoms with Gasteiger partial charge in [0.05, 0.1) is 16.6 Å². The summed E-state index contributed by atoms with van der Waals surface area (Å²) in [5.74, 6) is 0. The number of nitrogens with zero attached hydrogens (tertiary/aromatic N) is 1. The van der Waals surface area contributed by atoms with E-state index in [0.29, 0.717) is 0 Å². The number of hydrogen-bond donors (Lipinski definition) is 0. The Bertz CT molecular complexity index is 1960. The largest absolute Gasteiger partial charge is 0.308 e. The number of aromatic nitrogens is 1. The molecule has 2 heteroatoms. The maximum Gasteiger partial charge on any atom is 0.0620 e. The summed E-state index contributed by atoms with van der Waals surface area (Å²) in [5, 5.41) is 5.27. The van der Waals surface area contributed by atoms with Gasteiger partial charge in [-0.25, -0.2) is 0 Å². The van der Waals surface area contributed by atoms with Crippen LogP contribution in [-0.2, 0) is 0 Å². The van der Waals surface area contributed by atoms with Gasteiger partial charge in [0.2, 0.25) is 0 Å². The van der Waals surface area contributed by atoms with Gasteiger partial charge >= 0.3 is 0 Å². The third-order valence-electron chi connectivity index (χ3n) is 7.84. The van der Waals surface area contributed by atoms with Gasteiger partial charge in [-0.1, -0.05) is 91.0 Å². The fraction of sp³-hybridized carbons (Fsp3) is 0. The predicted octanol–water partition coefficient (Wildman–Crippen LogP) is 10.2. The van der Waals surface area contributed by atoms with Crippen molar-refractivity contribution in [2.45, 2.75) is 19.6 Å². The Morgan fingerprint density at radius 3 is 1.42 bits per heavy atom. The summed E-state index contributed by atoms with van der Waals surface area (Å²) in [4.78, 5) is 5.39. The minimum absolute atomic E-state index is 1.27. The Labute approximate surface area is 223 Å². The lowest BCUT2D eigenvalue weighted by Gasteiger charge is -2.42. The highest BCUT2D eigenvalue weighted by atomic mass is 32.3. The van der Waals surface area contributed by atoms with Crippen molar-refractivity contribution >= 4 is 48.1 Å². The average molecular weight is 504 g/mol. The zero-order chi connectivity index (χ0) is 25.1. The van der Waals surface area contributed by atoms with E-state index in [-0.39, 0.29) is 0 Å². The van der Waals surface area contributed by atoms with E-state index in [4.69, 9.17) is 0 Å². The molecule has 0 spiro atoms. The quantitative estimate of drug-likeness (QED) is 0.225. The van der Waals surface area contributed by atoms with Crippen molar-refractivity contribution in [2.24, 2.45) is 0 Å². The molecule has 0 radical (unpaired) electrons. The van der Waals surface area contributed by atoms with E-state index in [1.54, 1.807) is 0 Å². The first-order valence-electron chi connectivity index (χ1n) is 13.0. The second-order valence-electron chi connectivity index (χ2n) is 9.78. The fourth-order valence-electron chi connectivity index (χ4n) is 6.29. The fourth-order valence-corrected chi connectivity index (χ4v) is 10.2. The van der Waals surface area contributed by atoms with E-state index in [9.17, 15) is 0 Å². The van der Waals surface area contributed by atoms with Crippen LogP contribution in [0.15, 0.2) is 171 Å². The first-order valence-corrected chi connectivity index (χ1v) is 14.7. The number of rotatable bonds is 4. The van der Waals surface area contributed by atoms with Crippen LogP contribution in [0.3, 0.4) is 0 Å². The summed E-state index contributed by atoms with van der Waals surface area (Å²) >= 11 is 0. The summed E-state index contributed by atoms with van der Waals surface area (Å²) in [5.41, 5.74) is 3.86. The molecule has 0 unspecified atom stereocenters. The monoisotopic (exact) mass is 503 g/mol. The van der Waals surface area contributed by atoms with Crippen LogP contribution in [0.25, 0.3) is 38.1 Å². The Morgan fingerprint density at radius 2 is 0.816 bits per heavy atom. The zero-order valence-corrected chi connectivity index (χ0v) is 21.6. The summed E-state index contributed by atoms with van der Waals surface area (Å²) in [6.07, 6.45) is 0. The van der Waals surface area contributed by atoms with Gasteiger partial charge in [-0.2, -0.15) is 0 Å². The molecule has 0 aliphatic rings. The molecule has 0 N–H and O–H groups in total. The molecule has 0 amide bonds. The number of fused-ring (bicyclic) bond motifs is 6. The zero-order valence-electron chi connectivity index (χ0n) is 20.8. The molecule has 0 fully saturated rings. The summed E-state index contributed by atoms with van der Waals surface area (Å²) in [7, 11) is -1.72. The molecule has 2 aromatic heterocycles. The number of benzene rings is 6. The highest BCUT2D eigenvalue weighted by Crippen LogP contribution is 2.73. The lowest BCUT2D eigenvalue weighted by molar-refractivity contribution is 1.24. The predicted molar refractivity (Wildman–Crippen MR) is 161 cm³/mol. The third-order valence-corrected chi connectivity index (χ3v) is 11.7. The molecule has 1 nitrogen and oxygen atoms in total. The topological polar surface area (TPSA) is 4.41 Å². The van der Waals surface area contributed by atoms with Crippen molar-refractivity contribution in [1.29, 1.82) is 0 Å². The van der Waals surface area contributed by atoms with Crippen molar-refractivity contribution in [2.75, 3.05) is 0 Å². The minimum atomic E-state index is -1.72. The Morgan fingerprint density at radius 1 is 0.342 bits per heavy atom. The van der Waals surface area contributed by atoms with Gasteiger partial charge < -0.3 is 4.40 Å². The van der Waals surface area contributed by atoms with Crippen molar-refractivity contribution in [3.05, 3.63) is 152 Å². The van der Waals surface area contributed by atoms with E-state index in [1.165, 1.54) is 57.7 Å². The summed E-state index contributed by atoms with van der Waals surface area (Å²) in [6, 6.07) is 56.0. The smallest absolute Gasteiger partial charge is 0.0620 e. The molecule has 0 atom stereocenters. The lowest BCUT2D eigenvalue weighted by atomic mass is 10.1. The maximum absolute atomic E-state index is 2.48. The molecule has 0 bridgehead atoms. The van der Waals surface area contributed by atoms with Crippen molar-refractivity contribution in [3.8, 4) is 0 Å². The van der Waals surface area contributed by atoms with Crippen LogP contribution >= 0.6 is 10.0 Å². The van der Waals surface area contributed by atoms with E-state index >= 15 is 0 Å². The normalized spacial score (nSPS) is 12.6. The van der Waals surface area contributed by atoms with Crippen LogP contribution in [0.2, 0.25) is 0 Å². The second kappa shape index (κ2) is 8.24. The Hall–Kier alpha value is -4.53. The van der Waals surface area contributed by atoms with Crippen molar-refractivity contribution < 1.29 is 0 Å². The number of para-hydroxylation sites is 2.